The Morgan fingerprint density at radius 1 is 0.986 bits per heavy atom. The summed E-state index contributed by atoms with van der Waals surface area (Å²) in [7, 11) is -17.7. The van der Waals surface area contributed by atoms with Crippen LogP contribution in [0.3, 0.4) is 0 Å². The number of allylic oxidation sites excluding steroid dienone is 2. The molecule has 1 saturated carbocycles. The Balaban J connectivity index is 1.11. The smallest absolute Gasteiger partial charge is 0.274 e. The van der Waals surface area contributed by atoms with Gasteiger partial charge in [0.15, 0.2) is 22.8 Å². The summed E-state index contributed by atoms with van der Waals surface area (Å²) in [6, 6.07) is 0. The van der Waals surface area contributed by atoms with E-state index in [0.29, 0.717) is 32.1 Å². The van der Waals surface area contributed by atoms with Crippen LogP contribution in [-0.2, 0) is 50.7 Å². The maximum absolute atomic E-state index is 12.7. The number of nitrogen functional groups attached to an aromatic ring is 1. The second-order valence-corrected chi connectivity index (χ2v) is 23.1. The quantitative estimate of drug-likeness (QED) is 0.0258. The summed E-state index contributed by atoms with van der Waals surface area (Å²) in [6.45, 7) is 2.05. The number of fused-ring (bicyclic) bond motifs is 1. The first kappa shape index (κ1) is 61.5. The lowest BCUT2D eigenvalue weighted by Gasteiger charge is -2.36. The first-order valence-electron chi connectivity index (χ1n) is 23.1. The summed E-state index contributed by atoms with van der Waals surface area (Å²) in [5.41, 5.74) is 4.04. The van der Waals surface area contributed by atoms with Gasteiger partial charge in [-0.1, -0.05) is 76.1 Å². The van der Waals surface area contributed by atoms with E-state index < -0.39 is 103 Å². The number of carbonyl (C=O) groups is 3. The molecule has 408 valence electrons. The lowest BCUT2D eigenvalue weighted by atomic mass is 9.87. The highest BCUT2D eigenvalue weighted by Gasteiger charge is 2.47. The molecule has 1 aliphatic carbocycles. The van der Waals surface area contributed by atoms with Crippen LogP contribution in [0.4, 0.5) is 5.82 Å². The molecule has 72 heavy (non-hydrogen) atoms. The van der Waals surface area contributed by atoms with E-state index in [0.717, 1.165) is 48.2 Å². The molecule has 2 fully saturated rings. The second-order valence-electron chi connectivity index (χ2n) is 17.9. The third-order valence-corrected chi connectivity index (χ3v) is 15.6. The summed E-state index contributed by atoms with van der Waals surface area (Å²) < 4.78 is 60.8. The SMILES string of the molecule is CCCCC[C@H](O)/C=C/[C@@H]1[C@@H](C/C=C\CCCC(=O)SCCNC(=O)CCNC(=O)[C@H](O)C(C)(C)COP(=O)([O-])OP(=O)([O-])OC[C@H]2O[C@@H](n3cnc4c(N)ncnc43)[C@H](O)[C@@H]2OP(=O)([O-])[O-])[C@@H](O)C[C@H]1O. The van der Waals surface area contributed by atoms with Crippen molar-refractivity contribution in [3.8, 4) is 0 Å². The molecule has 31 heteroatoms. The molecule has 2 aromatic heterocycles. The van der Waals surface area contributed by atoms with E-state index >= 15 is 0 Å². The van der Waals surface area contributed by atoms with Gasteiger partial charge in [-0.3, -0.25) is 28.1 Å². The van der Waals surface area contributed by atoms with Gasteiger partial charge < -0.3 is 84.3 Å². The predicted octanol–water partition coefficient (Wildman–Crippen LogP) is -0.891. The van der Waals surface area contributed by atoms with Crippen LogP contribution in [0.25, 0.3) is 11.2 Å². The van der Waals surface area contributed by atoms with Gasteiger partial charge in [0, 0.05) is 49.4 Å². The molecule has 1 saturated heterocycles. The molecule has 0 bridgehead atoms. The minimum Gasteiger partial charge on any atom is -0.790 e. The number of phosphoric acid groups is 3. The minimum absolute atomic E-state index is 0.0299. The van der Waals surface area contributed by atoms with Crippen molar-refractivity contribution in [2.75, 3.05) is 37.8 Å². The molecule has 3 heterocycles. The van der Waals surface area contributed by atoms with E-state index in [-0.39, 0.29) is 65.6 Å². The Labute approximate surface area is 419 Å². The molecule has 0 radical (unpaired) electrons. The molecule has 12 atom stereocenters. The fraction of sp³-hybridized carbons (Fsp3) is 0.707. The summed E-state index contributed by atoms with van der Waals surface area (Å²) in [4.78, 5) is 97.1. The molecule has 27 nitrogen and oxygen atoms in total. The molecular formula is C41H64N7O20P3S-4. The number of hydrogen-bond acceptors (Lipinski definition) is 25. The van der Waals surface area contributed by atoms with E-state index in [4.69, 9.17) is 10.5 Å². The topological polar surface area (TPSA) is 436 Å². The van der Waals surface area contributed by atoms with E-state index in [1.54, 1.807) is 6.08 Å². The molecule has 1 aliphatic heterocycles. The zero-order chi connectivity index (χ0) is 53.4. The molecule has 0 spiro atoms. The normalized spacial score (nSPS) is 25.4. The number of nitrogens with two attached hydrogens (primary N) is 1. The number of aromatic nitrogens is 4. The molecule has 9 N–H and O–H groups in total. The largest absolute Gasteiger partial charge is 0.790 e. The van der Waals surface area contributed by atoms with Gasteiger partial charge in [0.25, 0.3) is 15.6 Å². The first-order valence-corrected chi connectivity index (χ1v) is 28.5. The van der Waals surface area contributed by atoms with Gasteiger partial charge in [-0.2, -0.15) is 0 Å². The standard InChI is InChI=1S/C41H68N7O20P3S/c1-4-5-8-11-25(49)14-15-27-26(28(50)20-29(27)51)12-9-6-7-10-13-32(53)72-19-18-43-31(52)16-17-44-39(56)36(55)41(2,3)22-65-71(62,63)68-70(60,61)64-21-30-35(67-69(57,58)59)34(54)40(66-30)48-24-47-33-37(42)45-23-46-38(33)48/h6,9,14-15,23-30,34-36,40,49-51,54-55H,4-5,7-8,10-13,16-22H2,1-3H3,(H,43,52)(H,44,56)(H,60,61)(H,62,63)(H2,42,45,46)(H2,57,58,59)/p-4/b9-6-,15-14+/t25-,26+,27+,28-,29+,30+,34+,35+,36-,40+/m0/s1. The number of anilines is 1. The van der Waals surface area contributed by atoms with Gasteiger partial charge >= 0.3 is 0 Å². The number of nitrogens with zero attached hydrogens (tertiary/aromatic N) is 4. The Hall–Kier alpha value is -3.08. The van der Waals surface area contributed by atoms with E-state index in [9.17, 15) is 73.2 Å². The molecular weight excluding hydrogens is 1040 g/mol. The number of aliphatic hydroxyl groups excluding tert-OH is 5. The average molecular weight is 1100 g/mol. The number of imidazole rings is 1. The van der Waals surface area contributed by atoms with Crippen molar-refractivity contribution in [2.24, 2.45) is 17.3 Å². The highest BCUT2D eigenvalue weighted by molar-refractivity contribution is 8.13. The van der Waals surface area contributed by atoms with Gasteiger partial charge in [0.05, 0.1) is 45.7 Å². The van der Waals surface area contributed by atoms with Crippen molar-refractivity contribution < 1.29 is 95.8 Å². The van der Waals surface area contributed by atoms with Crippen LogP contribution in [-0.4, -0.2) is 137 Å². The Morgan fingerprint density at radius 3 is 2.42 bits per heavy atom. The number of rotatable bonds is 31. The minimum atomic E-state index is -5.94. The summed E-state index contributed by atoms with van der Waals surface area (Å²) >= 11 is 1.04. The number of nitrogens with one attached hydrogen (secondary N) is 2. The van der Waals surface area contributed by atoms with E-state index in [1.807, 2.05) is 18.2 Å². The predicted molar refractivity (Wildman–Crippen MR) is 249 cm³/mol. The van der Waals surface area contributed by atoms with Crippen molar-refractivity contribution in [1.82, 2.24) is 30.2 Å². The fourth-order valence-electron chi connectivity index (χ4n) is 7.74. The van der Waals surface area contributed by atoms with Gasteiger partial charge in [0.1, 0.15) is 36.3 Å². The van der Waals surface area contributed by atoms with Crippen LogP contribution < -0.4 is 35.9 Å². The molecule has 2 amide bonds. The first-order chi connectivity index (χ1) is 33.7. The van der Waals surface area contributed by atoms with Crippen LogP contribution in [0, 0.1) is 17.3 Å². The van der Waals surface area contributed by atoms with Crippen molar-refractivity contribution >= 4 is 69.1 Å². The van der Waals surface area contributed by atoms with Crippen molar-refractivity contribution in [3.05, 3.63) is 37.0 Å². The lowest BCUT2D eigenvalue weighted by molar-refractivity contribution is -0.347. The average Bonchev–Trinajstić information content (AvgIpc) is 3.94. The third kappa shape index (κ3) is 19.6. The number of aliphatic hydroxyl groups is 5. The number of unbranched alkanes of at least 4 members (excludes halogenated alkanes) is 3. The zero-order valence-electron chi connectivity index (χ0n) is 39.8. The molecule has 0 aromatic carbocycles. The number of ether oxygens (including phenoxy) is 1. The van der Waals surface area contributed by atoms with Crippen molar-refractivity contribution in [2.45, 2.75) is 134 Å². The monoisotopic (exact) mass is 1100 g/mol. The molecule has 2 aliphatic rings. The lowest BCUT2D eigenvalue weighted by Crippen LogP contribution is -2.46. The summed E-state index contributed by atoms with van der Waals surface area (Å²) in [5, 5.41) is 57.5. The Morgan fingerprint density at radius 2 is 1.71 bits per heavy atom. The zero-order valence-corrected chi connectivity index (χ0v) is 43.3. The van der Waals surface area contributed by atoms with Crippen molar-refractivity contribution in [1.29, 1.82) is 0 Å². The highest BCUT2D eigenvalue weighted by atomic mass is 32.2. The van der Waals surface area contributed by atoms with Gasteiger partial charge in [-0.05, 0) is 31.6 Å². The van der Waals surface area contributed by atoms with E-state index in [2.05, 4.69) is 50.4 Å². The van der Waals surface area contributed by atoms with Crippen LogP contribution in [0.5, 0.6) is 0 Å². The highest BCUT2D eigenvalue weighted by Crippen LogP contribution is 2.56. The number of amides is 2. The van der Waals surface area contributed by atoms with Gasteiger partial charge in [0.2, 0.25) is 11.8 Å². The van der Waals surface area contributed by atoms with Crippen LogP contribution >= 0.6 is 35.2 Å². The van der Waals surface area contributed by atoms with Gasteiger partial charge in [-0.25, -0.2) is 19.3 Å². The number of carbonyl (C=O) groups excluding carboxylic acids is 3. The van der Waals surface area contributed by atoms with Crippen LogP contribution in [0.2, 0.25) is 0 Å². The maximum Gasteiger partial charge on any atom is 0.274 e. The summed E-state index contributed by atoms with van der Waals surface area (Å²) in [5.74, 6) is -1.78. The van der Waals surface area contributed by atoms with Gasteiger partial charge in [-0.15, -0.1) is 0 Å². The summed E-state index contributed by atoms with van der Waals surface area (Å²) in [6.07, 6.45) is 3.69. The maximum atomic E-state index is 12.7. The number of hydrogen-bond donors (Lipinski definition) is 8. The third-order valence-electron chi connectivity index (χ3n) is 11.6. The molecule has 2 aromatic rings. The van der Waals surface area contributed by atoms with Crippen LogP contribution in [0.1, 0.15) is 91.2 Å². The Bertz CT molecular complexity index is 2310. The Kier molecular flexibility index (Phi) is 24.0. The molecule has 2 unspecified atom stereocenters. The molecule has 4 rings (SSSR count). The second kappa shape index (κ2) is 28.2. The number of thioether (sulfide) groups is 1. The van der Waals surface area contributed by atoms with E-state index in [1.165, 1.54) is 13.8 Å². The fourth-order valence-corrected chi connectivity index (χ4v) is 11.2. The number of phosphoric ester groups is 3. The van der Waals surface area contributed by atoms with Crippen LogP contribution in [0.15, 0.2) is 37.0 Å². The van der Waals surface area contributed by atoms with Crippen molar-refractivity contribution in [3.63, 3.8) is 0 Å².